The Morgan fingerprint density at radius 2 is 1.92 bits per heavy atom. The van der Waals surface area contributed by atoms with Crippen LogP contribution in [0.4, 0.5) is 5.69 Å². The van der Waals surface area contributed by atoms with Crippen LogP contribution in [-0.2, 0) is 16.0 Å². The molecule has 0 aromatic heterocycles. The highest BCUT2D eigenvalue weighted by Gasteiger charge is 2.32. The van der Waals surface area contributed by atoms with E-state index in [-0.39, 0.29) is 17.7 Å². The maximum atomic E-state index is 12.3. The van der Waals surface area contributed by atoms with E-state index in [9.17, 15) is 9.59 Å². The fraction of sp³-hybridized carbons (Fsp3) is 0.619. The van der Waals surface area contributed by atoms with Crippen LogP contribution in [0.15, 0.2) is 24.3 Å². The van der Waals surface area contributed by atoms with E-state index < -0.39 is 0 Å². The van der Waals surface area contributed by atoms with Gasteiger partial charge in [-0.25, -0.2) is 0 Å². The number of nitrogens with zero attached hydrogens (tertiary/aromatic N) is 2. The molecule has 2 amide bonds. The molecule has 2 aliphatic heterocycles. The van der Waals surface area contributed by atoms with Gasteiger partial charge in [-0.3, -0.25) is 9.59 Å². The van der Waals surface area contributed by atoms with Crippen LogP contribution < -0.4 is 5.32 Å². The number of anilines is 1. The summed E-state index contributed by atoms with van der Waals surface area (Å²) in [4.78, 5) is 27.9. The molecule has 0 bridgehead atoms. The number of piperidine rings is 1. The zero-order chi connectivity index (χ0) is 18.7. The molecule has 0 saturated carbocycles. The lowest BCUT2D eigenvalue weighted by Crippen LogP contribution is -2.36. The second-order valence-electron chi connectivity index (χ2n) is 8.19. The minimum atomic E-state index is -0.238. The molecule has 3 unspecified atom stereocenters. The molecule has 0 spiro atoms. The van der Waals surface area contributed by atoms with Crippen LogP contribution in [0, 0.1) is 17.8 Å². The number of hydrogen-bond donors (Lipinski definition) is 1. The van der Waals surface area contributed by atoms with Gasteiger partial charge in [0.1, 0.15) is 0 Å². The minimum absolute atomic E-state index is 0.0450. The van der Waals surface area contributed by atoms with Crippen molar-refractivity contribution in [2.45, 2.75) is 32.6 Å². The van der Waals surface area contributed by atoms with Crippen molar-refractivity contribution in [1.82, 2.24) is 9.80 Å². The minimum Gasteiger partial charge on any atom is -0.345 e. The lowest BCUT2D eigenvalue weighted by molar-refractivity contribution is -0.127. The van der Waals surface area contributed by atoms with Gasteiger partial charge >= 0.3 is 0 Å². The topological polar surface area (TPSA) is 52.7 Å². The number of hydrogen-bond acceptors (Lipinski definition) is 3. The van der Waals surface area contributed by atoms with E-state index in [1.54, 1.807) is 11.9 Å². The summed E-state index contributed by atoms with van der Waals surface area (Å²) < 4.78 is 0. The van der Waals surface area contributed by atoms with E-state index in [2.05, 4.69) is 36.3 Å². The quantitative estimate of drug-likeness (QED) is 0.881. The fourth-order valence-electron chi connectivity index (χ4n) is 4.22. The van der Waals surface area contributed by atoms with Gasteiger partial charge in [-0.2, -0.15) is 0 Å². The third-order valence-electron chi connectivity index (χ3n) is 6.02. The Balaban J connectivity index is 1.47. The summed E-state index contributed by atoms with van der Waals surface area (Å²) in [5.74, 6) is 1.32. The Morgan fingerprint density at radius 3 is 2.54 bits per heavy atom. The van der Waals surface area contributed by atoms with Crippen molar-refractivity contribution in [2.24, 2.45) is 17.8 Å². The van der Waals surface area contributed by atoms with Crippen molar-refractivity contribution < 1.29 is 9.59 Å². The molecule has 5 nitrogen and oxygen atoms in total. The summed E-state index contributed by atoms with van der Waals surface area (Å²) in [6.45, 7) is 5.29. The normalized spacial score (nSPS) is 27.0. The van der Waals surface area contributed by atoms with Crippen LogP contribution in [0.3, 0.4) is 0 Å². The standard InChI is InChI=1S/C21H31N3O2/c1-15-13-23(2)11-10-17(15)7-4-16-5-8-19(9-6-16)22-21(26)18-12-20(25)24(3)14-18/h5-6,8-9,15,17-18H,4,7,10-14H2,1-3H3,(H,22,26). The van der Waals surface area contributed by atoms with E-state index in [4.69, 9.17) is 0 Å². The molecule has 0 aliphatic carbocycles. The smallest absolute Gasteiger partial charge is 0.229 e. The van der Waals surface area contributed by atoms with Crippen molar-refractivity contribution in [1.29, 1.82) is 0 Å². The predicted octanol–water partition coefficient (Wildman–Crippen LogP) is 2.62. The van der Waals surface area contributed by atoms with Crippen LogP contribution in [0.2, 0.25) is 0 Å². The zero-order valence-electron chi connectivity index (χ0n) is 16.2. The number of aryl methyl sites for hydroxylation is 1. The van der Waals surface area contributed by atoms with Crippen LogP contribution in [0.1, 0.15) is 31.7 Å². The van der Waals surface area contributed by atoms with Gasteiger partial charge < -0.3 is 15.1 Å². The van der Waals surface area contributed by atoms with E-state index in [1.165, 1.54) is 31.5 Å². The second kappa shape index (κ2) is 8.21. The summed E-state index contributed by atoms with van der Waals surface area (Å²) in [5.41, 5.74) is 2.14. The fourth-order valence-corrected chi connectivity index (χ4v) is 4.22. The summed E-state index contributed by atoms with van der Waals surface area (Å²) in [6, 6.07) is 8.18. The Hall–Kier alpha value is -1.88. The molecule has 0 radical (unpaired) electrons. The lowest BCUT2D eigenvalue weighted by Gasteiger charge is -2.34. The van der Waals surface area contributed by atoms with E-state index in [1.807, 2.05) is 12.1 Å². The van der Waals surface area contributed by atoms with E-state index in [0.29, 0.717) is 13.0 Å². The predicted molar refractivity (Wildman–Crippen MR) is 104 cm³/mol. The van der Waals surface area contributed by atoms with Gasteiger partial charge in [-0.1, -0.05) is 19.1 Å². The first-order valence-electron chi connectivity index (χ1n) is 9.74. The van der Waals surface area contributed by atoms with Gasteiger partial charge in [-0.15, -0.1) is 0 Å². The summed E-state index contributed by atoms with van der Waals surface area (Å²) in [6.07, 6.45) is 3.93. The van der Waals surface area contributed by atoms with Crippen LogP contribution in [0.5, 0.6) is 0 Å². The Morgan fingerprint density at radius 1 is 1.19 bits per heavy atom. The highest BCUT2D eigenvalue weighted by Crippen LogP contribution is 2.27. The molecule has 2 heterocycles. The molecule has 26 heavy (non-hydrogen) atoms. The molecule has 3 atom stereocenters. The third kappa shape index (κ3) is 4.64. The Kier molecular flexibility index (Phi) is 5.97. The van der Waals surface area contributed by atoms with Crippen molar-refractivity contribution in [3.8, 4) is 0 Å². The van der Waals surface area contributed by atoms with Gasteiger partial charge in [-0.05, 0) is 62.4 Å². The maximum Gasteiger partial charge on any atom is 0.229 e. The first kappa shape index (κ1) is 18.9. The number of carbonyl (C=O) groups is 2. The number of benzene rings is 1. The summed E-state index contributed by atoms with van der Waals surface area (Å²) in [5, 5.41) is 2.95. The van der Waals surface area contributed by atoms with Crippen LogP contribution in [0.25, 0.3) is 0 Å². The number of nitrogens with one attached hydrogen (secondary N) is 1. The van der Waals surface area contributed by atoms with Crippen molar-refractivity contribution in [3.05, 3.63) is 29.8 Å². The van der Waals surface area contributed by atoms with Crippen LogP contribution in [-0.4, -0.2) is 55.3 Å². The largest absolute Gasteiger partial charge is 0.345 e. The highest BCUT2D eigenvalue weighted by molar-refractivity contribution is 5.97. The molecule has 2 aliphatic rings. The monoisotopic (exact) mass is 357 g/mol. The molecule has 5 heteroatoms. The number of rotatable bonds is 5. The van der Waals surface area contributed by atoms with Crippen LogP contribution >= 0.6 is 0 Å². The molecule has 2 saturated heterocycles. The third-order valence-corrected chi connectivity index (χ3v) is 6.02. The number of likely N-dealkylation sites (tertiary alicyclic amines) is 2. The van der Waals surface area contributed by atoms with E-state index >= 15 is 0 Å². The SMILES string of the molecule is CC1CN(C)CCC1CCc1ccc(NC(=O)C2CC(=O)N(C)C2)cc1. The van der Waals surface area contributed by atoms with Crippen molar-refractivity contribution >= 4 is 17.5 Å². The van der Waals surface area contributed by atoms with Crippen molar-refractivity contribution in [3.63, 3.8) is 0 Å². The first-order chi connectivity index (χ1) is 12.4. The molecule has 1 N–H and O–H groups in total. The van der Waals surface area contributed by atoms with Gasteiger partial charge in [0.15, 0.2) is 0 Å². The Labute approximate surface area is 156 Å². The van der Waals surface area contributed by atoms with Gasteiger partial charge in [0.05, 0.1) is 5.92 Å². The second-order valence-corrected chi connectivity index (χ2v) is 8.19. The average Bonchev–Trinajstić information content (AvgIpc) is 2.95. The molecule has 142 valence electrons. The first-order valence-corrected chi connectivity index (χ1v) is 9.74. The highest BCUT2D eigenvalue weighted by atomic mass is 16.2. The van der Waals surface area contributed by atoms with E-state index in [0.717, 1.165) is 23.9 Å². The Bertz CT molecular complexity index is 643. The van der Waals surface area contributed by atoms with Gasteiger partial charge in [0, 0.05) is 32.2 Å². The summed E-state index contributed by atoms with van der Waals surface area (Å²) in [7, 11) is 3.95. The van der Waals surface area contributed by atoms with Crippen molar-refractivity contribution in [2.75, 3.05) is 39.0 Å². The lowest BCUT2D eigenvalue weighted by atomic mass is 9.83. The maximum absolute atomic E-state index is 12.3. The number of carbonyl (C=O) groups excluding carboxylic acids is 2. The summed E-state index contributed by atoms with van der Waals surface area (Å²) >= 11 is 0. The zero-order valence-corrected chi connectivity index (χ0v) is 16.2. The van der Waals surface area contributed by atoms with Gasteiger partial charge in [0.25, 0.3) is 0 Å². The molecule has 3 rings (SSSR count). The number of amides is 2. The van der Waals surface area contributed by atoms with Gasteiger partial charge in [0.2, 0.25) is 11.8 Å². The molecular weight excluding hydrogens is 326 g/mol. The molecule has 2 fully saturated rings. The average molecular weight is 357 g/mol. The molecule has 1 aromatic carbocycles. The molecule has 1 aromatic rings. The molecular formula is C21H31N3O2.